The molecule has 0 aliphatic carbocycles. The molecule has 1 heterocycles. The van der Waals surface area contributed by atoms with Crippen LogP contribution in [0.5, 0.6) is 0 Å². The Kier molecular flexibility index (Phi) is 7.23. The molecular weight excluding hydrogens is 352 g/mol. The minimum atomic E-state index is -0.240. The van der Waals surface area contributed by atoms with Gasteiger partial charge in [-0.2, -0.15) is 0 Å². The summed E-state index contributed by atoms with van der Waals surface area (Å²) in [7, 11) is 1.50. The lowest BCUT2D eigenvalue weighted by Crippen LogP contribution is -2.32. The summed E-state index contributed by atoms with van der Waals surface area (Å²) < 4.78 is 5.28. The fraction of sp³-hybridized carbons (Fsp3) is 0.348. The standard InChI is InChI=1S/C23H28N2O3/c1-28-22(14-18-8-3-2-4-9-18)23(27)24-15-19-10-5-6-11-20(19)16-25-13-7-12-21(25)17-26/h2-6,8-11,14,21,26H,7,12-13,15-17H2,1H3,(H,24,27). The molecule has 1 atom stereocenters. The van der Waals surface area contributed by atoms with Crippen LogP contribution in [0.4, 0.5) is 0 Å². The second kappa shape index (κ2) is 10.1. The molecule has 0 saturated carbocycles. The molecule has 1 aliphatic rings. The SMILES string of the molecule is COC(=Cc1ccccc1)C(=O)NCc1ccccc1CN1CCCC1CO. The van der Waals surface area contributed by atoms with Crippen LogP contribution in [0.2, 0.25) is 0 Å². The van der Waals surface area contributed by atoms with Crippen LogP contribution in [0.1, 0.15) is 29.5 Å². The molecule has 5 nitrogen and oxygen atoms in total. The third kappa shape index (κ3) is 5.21. The minimum absolute atomic E-state index is 0.195. The Bertz CT molecular complexity index is 805. The first-order chi connectivity index (χ1) is 13.7. The fourth-order valence-electron chi connectivity index (χ4n) is 3.59. The Labute approximate surface area is 166 Å². The van der Waals surface area contributed by atoms with E-state index in [4.69, 9.17) is 4.74 Å². The first-order valence-corrected chi connectivity index (χ1v) is 9.72. The monoisotopic (exact) mass is 380 g/mol. The maximum atomic E-state index is 12.6. The Balaban J connectivity index is 1.65. The molecule has 1 saturated heterocycles. The summed E-state index contributed by atoms with van der Waals surface area (Å²) >= 11 is 0. The second-order valence-electron chi connectivity index (χ2n) is 7.02. The van der Waals surface area contributed by atoms with Crippen LogP contribution in [-0.4, -0.2) is 42.2 Å². The van der Waals surface area contributed by atoms with E-state index >= 15 is 0 Å². The highest BCUT2D eigenvalue weighted by Crippen LogP contribution is 2.21. The number of amides is 1. The van der Waals surface area contributed by atoms with Gasteiger partial charge in [-0.25, -0.2) is 0 Å². The molecule has 148 valence electrons. The van der Waals surface area contributed by atoms with Crippen molar-refractivity contribution in [1.29, 1.82) is 0 Å². The maximum Gasteiger partial charge on any atom is 0.286 e. The van der Waals surface area contributed by atoms with E-state index in [0.717, 1.165) is 37.1 Å². The van der Waals surface area contributed by atoms with Crippen LogP contribution in [-0.2, 0) is 22.6 Å². The fourth-order valence-corrected chi connectivity index (χ4v) is 3.59. The van der Waals surface area contributed by atoms with E-state index < -0.39 is 0 Å². The normalized spacial score (nSPS) is 17.5. The zero-order valence-corrected chi connectivity index (χ0v) is 16.3. The van der Waals surface area contributed by atoms with E-state index in [0.29, 0.717) is 6.54 Å². The van der Waals surface area contributed by atoms with Crippen LogP contribution in [0.25, 0.3) is 6.08 Å². The number of hydrogen-bond donors (Lipinski definition) is 2. The van der Waals surface area contributed by atoms with Gasteiger partial charge >= 0.3 is 0 Å². The summed E-state index contributed by atoms with van der Waals surface area (Å²) in [6.07, 6.45) is 3.89. The van der Waals surface area contributed by atoms with Crippen LogP contribution >= 0.6 is 0 Å². The zero-order chi connectivity index (χ0) is 19.8. The Morgan fingerprint density at radius 3 is 2.61 bits per heavy atom. The van der Waals surface area contributed by atoms with Gasteiger partial charge in [-0.15, -0.1) is 0 Å². The van der Waals surface area contributed by atoms with Crippen molar-refractivity contribution in [3.63, 3.8) is 0 Å². The van der Waals surface area contributed by atoms with Gasteiger partial charge in [0.1, 0.15) is 0 Å². The molecule has 2 aromatic carbocycles. The third-order valence-electron chi connectivity index (χ3n) is 5.18. The van der Waals surface area contributed by atoms with Crippen molar-refractivity contribution >= 4 is 12.0 Å². The van der Waals surface area contributed by atoms with E-state index in [9.17, 15) is 9.90 Å². The Hall–Kier alpha value is -2.63. The number of methoxy groups -OCH3 is 1. The van der Waals surface area contributed by atoms with Gasteiger partial charge in [0, 0.05) is 19.1 Å². The molecule has 3 rings (SSSR count). The summed E-state index contributed by atoms with van der Waals surface area (Å²) in [5.74, 6) is 0.0409. The van der Waals surface area contributed by atoms with E-state index in [2.05, 4.69) is 16.3 Å². The highest BCUT2D eigenvalue weighted by molar-refractivity contribution is 5.95. The molecule has 2 N–H and O–H groups in total. The molecule has 1 unspecified atom stereocenters. The molecule has 5 heteroatoms. The second-order valence-corrected chi connectivity index (χ2v) is 7.02. The molecule has 1 fully saturated rings. The predicted octanol–water partition coefficient (Wildman–Crippen LogP) is 2.95. The number of rotatable bonds is 8. The van der Waals surface area contributed by atoms with Gasteiger partial charge in [0.2, 0.25) is 0 Å². The van der Waals surface area contributed by atoms with Crippen molar-refractivity contribution in [2.75, 3.05) is 20.3 Å². The summed E-state index contributed by atoms with van der Waals surface area (Å²) in [6.45, 7) is 2.41. The van der Waals surface area contributed by atoms with Crippen molar-refractivity contribution < 1.29 is 14.6 Å². The highest BCUT2D eigenvalue weighted by atomic mass is 16.5. The number of aliphatic hydroxyl groups is 1. The summed E-state index contributed by atoms with van der Waals surface area (Å²) in [5, 5.41) is 12.5. The largest absolute Gasteiger partial charge is 0.491 e. The number of nitrogens with zero attached hydrogens (tertiary/aromatic N) is 1. The topological polar surface area (TPSA) is 61.8 Å². The number of ether oxygens (including phenoxy) is 1. The van der Waals surface area contributed by atoms with Gasteiger partial charge in [0.05, 0.1) is 13.7 Å². The highest BCUT2D eigenvalue weighted by Gasteiger charge is 2.24. The van der Waals surface area contributed by atoms with Crippen LogP contribution in [0, 0.1) is 0 Å². The minimum Gasteiger partial charge on any atom is -0.491 e. The van der Waals surface area contributed by atoms with Crippen molar-refractivity contribution in [3.8, 4) is 0 Å². The Morgan fingerprint density at radius 1 is 1.18 bits per heavy atom. The first kappa shape index (κ1) is 20.1. The van der Waals surface area contributed by atoms with Crippen molar-refractivity contribution in [2.45, 2.75) is 32.0 Å². The van der Waals surface area contributed by atoms with E-state index in [1.165, 1.54) is 12.7 Å². The number of carbonyl (C=O) groups is 1. The quantitative estimate of drug-likeness (QED) is 0.546. The smallest absolute Gasteiger partial charge is 0.286 e. The van der Waals surface area contributed by atoms with Crippen LogP contribution < -0.4 is 5.32 Å². The van der Waals surface area contributed by atoms with Crippen molar-refractivity contribution in [3.05, 3.63) is 77.0 Å². The molecule has 2 aromatic rings. The van der Waals surface area contributed by atoms with Gasteiger partial charge in [-0.1, -0.05) is 54.6 Å². The lowest BCUT2D eigenvalue weighted by Gasteiger charge is -2.24. The molecule has 1 aliphatic heterocycles. The number of aliphatic hydroxyl groups excluding tert-OH is 1. The van der Waals surface area contributed by atoms with Gasteiger partial charge in [-0.3, -0.25) is 9.69 Å². The maximum absolute atomic E-state index is 12.6. The third-order valence-corrected chi connectivity index (χ3v) is 5.18. The number of nitrogens with one attached hydrogen (secondary N) is 1. The molecular formula is C23H28N2O3. The van der Waals surface area contributed by atoms with Crippen molar-refractivity contribution in [1.82, 2.24) is 10.2 Å². The number of hydrogen-bond acceptors (Lipinski definition) is 4. The molecule has 0 radical (unpaired) electrons. The predicted molar refractivity (Wildman–Crippen MR) is 110 cm³/mol. The summed E-state index contributed by atoms with van der Waals surface area (Å²) in [4.78, 5) is 14.9. The lowest BCUT2D eigenvalue weighted by atomic mass is 10.1. The van der Waals surface area contributed by atoms with Gasteiger partial charge in [0.25, 0.3) is 5.91 Å². The van der Waals surface area contributed by atoms with Crippen LogP contribution in [0.3, 0.4) is 0 Å². The van der Waals surface area contributed by atoms with E-state index in [1.807, 2.05) is 48.5 Å². The summed E-state index contributed by atoms with van der Waals surface area (Å²) in [5.41, 5.74) is 3.17. The average Bonchev–Trinajstić information content (AvgIpc) is 3.19. The molecule has 0 bridgehead atoms. The molecule has 28 heavy (non-hydrogen) atoms. The van der Waals surface area contributed by atoms with Gasteiger partial charge < -0.3 is 15.2 Å². The average molecular weight is 380 g/mol. The summed E-state index contributed by atoms with van der Waals surface area (Å²) in [6, 6.07) is 18.0. The Morgan fingerprint density at radius 2 is 1.89 bits per heavy atom. The zero-order valence-electron chi connectivity index (χ0n) is 16.3. The lowest BCUT2D eigenvalue weighted by molar-refractivity contribution is -0.120. The van der Waals surface area contributed by atoms with E-state index in [-0.39, 0.29) is 24.3 Å². The van der Waals surface area contributed by atoms with Crippen LogP contribution in [0.15, 0.2) is 60.4 Å². The first-order valence-electron chi connectivity index (χ1n) is 9.72. The number of likely N-dealkylation sites (tertiary alicyclic amines) is 1. The number of carbonyl (C=O) groups excluding carboxylic acids is 1. The van der Waals surface area contributed by atoms with Crippen molar-refractivity contribution in [2.24, 2.45) is 0 Å². The molecule has 1 amide bonds. The van der Waals surface area contributed by atoms with Gasteiger partial charge in [0.15, 0.2) is 5.76 Å². The van der Waals surface area contributed by atoms with E-state index in [1.54, 1.807) is 6.08 Å². The molecule has 0 spiro atoms. The molecule has 0 aromatic heterocycles. The number of benzene rings is 2. The van der Waals surface area contributed by atoms with Gasteiger partial charge in [-0.05, 0) is 42.2 Å².